The third kappa shape index (κ3) is 3.32. The number of hydrogen-bond acceptors (Lipinski definition) is 4. The number of pyridine rings is 1. The molecule has 2 aromatic rings. The van der Waals surface area contributed by atoms with Crippen molar-refractivity contribution in [3.8, 4) is 5.75 Å². The smallest absolute Gasteiger partial charge is 0.259 e. The Balaban J connectivity index is 1.83. The van der Waals surface area contributed by atoms with Crippen molar-refractivity contribution in [3.63, 3.8) is 0 Å². The zero-order valence-corrected chi connectivity index (χ0v) is 12.8. The van der Waals surface area contributed by atoms with Crippen molar-refractivity contribution in [2.75, 3.05) is 18.5 Å². The molecule has 0 bridgehead atoms. The minimum Gasteiger partial charge on any atom is -0.490 e. The van der Waals surface area contributed by atoms with Gasteiger partial charge in [-0.15, -0.1) is 0 Å². The number of para-hydroxylation sites is 1. The van der Waals surface area contributed by atoms with E-state index in [4.69, 9.17) is 9.47 Å². The second-order valence-corrected chi connectivity index (χ2v) is 5.14. The fourth-order valence-corrected chi connectivity index (χ4v) is 2.49. The van der Waals surface area contributed by atoms with Gasteiger partial charge in [0, 0.05) is 17.7 Å². The molecule has 2 heterocycles. The van der Waals surface area contributed by atoms with E-state index in [1.165, 1.54) is 18.2 Å². The van der Waals surface area contributed by atoms with Gasteiger partial charge in [-0.1, -0.05) is 6.07 Å². The quantitative estimate of drug-likeness (QED) is 0.942. The number of carbonyl (C=O) groups is 1. The Labute approximate surface area is 133 Å². The first-order valence-electron chi connectivity index (χ1n) is 7.47. The summed E-state index contributed by atoms with van der Waals surface area (Å²) < 4.78 is 24.5. The summed E-state index contributed by atoms with van der Waals surface area (Å²) in [5.41, 5.74) is 2.64. The van der Waals surface area contributed by atoms with Crippen molar-refractivity contribution in [2.24, 2.45) is 0 Å². The highest BCUT2D eigenvalue weighted by Gasteiger charge is 2.18. The van der Waals surface area contributed by atoms with Crippen molar-refractivity contribution in [2.45, 2.75) is 20.0 Å². The first-order chi connectivity index (χ1) is 11.2. The Kier molecular flexibility index (Phi) is 4.52. The summed E-state index contributed by atoms with van der Waals surface area (Å²) in [4.78, 5) is 16.8. The summed E-state index contributed by atoms with van der Waals surface area (Å²) in [5.74, 6) is -1.04. The van der Waals surface area contributed by atoms with E-state index >= 15 is 0 Å². The van der Waals surface area contributed by atoms with Gasteiger partial charge in [0.15, 0.2) is 11.6 Å². The summed E-state index contributed by atoms with van der Waals surface area (Å²) in [6.45, 7) is 3.16. The van der Waals surface area contributed by atoms with E-state index in [1.807, 2.05) is 6.07 Å². The van der Waals surface area contributed by atoms with Crippen molar-refractivity contribution in [1.82, 2.24) is 4.98 Å². The zero-order valence-electron chi connectivity index (χ0n) is 12.8. The van der Waals surface area contributed by atoms with E-state index in [9.17, 15) is 9.18 Å². The highest BCUT2D eigenvalue weighted by atomic mass is 19.1. The lowest BCUT2D eigenvalue weighted by Gasteiger charge is -2.17. The number of amides is 1. The number of nitrogens with one attached hydrogen (secondary N) is 1. The van der Waals surface area contributed by atoms with Crippen LogP contribution in [0.5, 0.6) is 5.75 Å². The number of carbonyl (C=O) groups excluding carboxylic acids is 1. The molecule has 0 saturated carbocycles. The van der Waals surface area contributed by atoms with Gasteiger partial charge < -0.3 is 14.8 Å². The molecule has 1 aromatic carbocycles. The number of anilines is 1. The number of aromatic nitrogens is 1. The molecule has 1 aliphatic rings. The molecule has 1 N–H and O–H groups in total. The molecule has 0 unspecified atom stereocenters. The van der Waals surface area contributed by atoms with E-state index in [0.29, 0.717) is 18.9 Å². The van der Waals surface area contributed by atoms with Gasteiger partial charge in [0.25, 0.3) is 5.91 Å². The normalized spacial score (nSPS) is 13.3. The predicted octanol–water partition coefficient (Wildman–Crippen LogP) is 2.94. The van der Waals surface area contributed by atoms with Crippen LogP contribution in [-0.4, -0.2) is 24.1 Å². The van der Waals surface area contributed by atoms with Crippen molar-refractivity contribution in [1.29, 1.82) is 0 Å². The van der Waals surface area contributed by atoms with Gasteiger partial charge in [0.1, 0.15) is 0 Å². The van der Waals surface area contributed by atoms with Crippen molar-refractivity contribution in [3.05, 3.63) is 53.1 Å². The Morgan fingerprint density at radius 3 is 3.17 bits per heavy atom. The lowest BCUT2D eigenvalue weighted by atomic mass is 10.1. The van der Waals surface area contributed by atoms with E-state index in [2.05, 4.69) is 10.3 Å². The van der Waals surface area contributed by atoms with Crippen LogP contribution >= 0.6 is 0 Å². The second kappa shape index (κ2) is 6.75. The summed E-state index contributed by atoms with van der Waals surface area (Å²) in [5, 5.41) is 2.73. The van der Waals surface area contributed by atoms with Gasteiger partial charge >= 0.3 is 0 Å². The maximum absolute atomic E-state index is 13.8. The highest BCUT2D eigenvalue weighted by molar-refractivity contribution is 6.06. The third-order valence-electron chi connectivity index (χ3n) is 3.56. The van der Waals surface area contributed by atoms with Crippen LogP contribution in [0, 0.1) is 5.82 Å². The number of rotatable bonds is 4. The number of benzene rings is 1. The fraction of sp³-hybridized carbons (Fsp3) is 0.294. The van der Waals surface area contributed by atoms with Crippen LogP contribution in [0.1, 0.15) is 28.5 Å². The van der Waals surface area contributed by atoms with Crippen LogP contribution in [-0.2, 0) is 17.8 Å². The molecule has 0 aliphatic carbocycles. The summed E-state index contributed by atoms with van der Waals surface area (Å²) >= 11 is 0. The summed E-state index contributed by atoms with van der Waals surface area (Å²) in [6, 6.07) is 6.10. The lowest BCUT2D eigenvalue weighted by Crippen LogP contribution is -2.16. The SMILES string of the molecule is CCOc1c(F)cccc1C(=O)Nc1cnc2c(c1)COCC2. The monoisotopic (exact) mass is 316 g/mol. The molecule has 120 valence electrons. The molecule has 0 fully saturated rings. The third-order valence-corrected chi connectivity index (χ3v) is 3.56. The maximum atomic E-state index is 13.8. The van der Waals surface area contributed by atoms with Gasteiger partial charge in [-0.25, -0.2) is 4.39 Å². The molecule has 1 aliphatic heterocycles. The van der Waals surface area contributed by atoms with E-state index in [-0.39, 0.29) is 17.9 Å². The zero-order chi connectivity index (χ0) is 16.2. The van der Waals surface area contributed by atoms with Gasteiger partial charge in [-0.3, -0.25) is 9.78 Å². The minimum absolute atomic E-state index is 0.0400. The van der Waals surface area contributed by atoms with E-state index < -0.39 is 11.7 Å². The molecule has 6 heteroatoms. The summed E-state index contributed by atoms with van der Waals surface area (Å²) in [7, 11) is 0. The van der Waals surface area contributed by atoms with Gasteiger partial charge in [-0.05, 0) is 25.1 Å². The van der Waals surface area contributed by atoms with E-state index in [1.54, 1.807) is 13.1 Å². The van der Waals surface area contributed by atoms with Crippen molar-refractivity contribution < 1.29 is 18.7 Å². The second-order valence-electron chi connectivity index (χ2n) is 5.14. The van der Waals surface area contributed by atoms with Crippen LogP contribution in [0.4, 0.5) is 10.1 Å². The molecule has 0 spiro atoms. The Hall–Kier alpha value is -2.47. The molecule has 3 rings (SSSR count). The van der Waals surface area contributed by atoms with E-state index in [0.717, 1.165) is 17.7 Å². The molecular weight excluding hydrogens is 299 g/mol. The van der Waals surface area contributed by atoms with Gasteiger partial charge in [0.05, 0.1) is 37.3 Å². The highest BCUT2D eigenvalue weighted by Crippen LogP contribution is 2.24. The van der Waals surface area contributed by atoms with Gasteiger partial charge in [0.2, 0.25) is 0 Å². The standard InChI is InChI=1S/C17H17FN2O3/c1-2-23-16-13(4-3-5-14(16)18)17(21)20-12-8-11-10-22-7-6-15(11)19-9-12/h3-5,8-9H,2,6-7,10H2,1H3,(H,20,21). The predicted molar refractivity (Wildman–Crippen MR) is 83.1 cm³/mol. The summed E-state index contributed by atoms with van der Waals surface area (Å²) in [6.07, 6.45) is 2.36. The van der Waals surface area contributed by atoms with Crippen molar-refractivity contribution >= 4 is 11.6 Å². The molecular formula is C17H17FN2O3. The maximum Gasteiger partial charge on any atom is 0.259 e. The van der Waals surface area contributed by atoms with Crippen LogP contribution in [0.25, 0.3) is 0 Å². The molecule has 0 radical (unpaired) electrons. The lowest BCUT2D eigenvalue weighted by molar-refractivity contribution is 0.102. The molecule has 5 nitrogen and oxygen atoms in total. The number of hydrogen-bond donors (Lipinski definition) is 1. The van der Waals surface area contributed by atoms with Crippen LogP contribution in [0.3, 0.4) is 0 Å². The molecule has 1 amide bonds. The van der Waals surface area contributed by atoms with Crippen LogP contribution in [0.2, 0.25) is 0 Å². The Morgan fingerprint density at radius 1 is 1.48 bits per heavy atom. The molecule has 0 saturated heterocycles. The first-order valence-corrected chi connectivity index (χ1v) is 7.47. The Bertz CT molecular complexity index is 734. The van der Waals surface area contributed by atoms with Gasteiger partial charge in [-0.2, -0.15) is 0 Å². The van der Waals surface area contributed by atoms with Crippen LogP contribution < -0.4 is 10.1 Å². The molecule has 1 aromatic heterocycles. The number of ether oxygens (including phenoxy) is 2. The molecule has 0 atom stereocenters. The average molecular weight is 316 g/mol. The largest absolute Gasteiger partial charge is 0.490 e. The minimum atomic E-state index is -0.559. The fourth-order valence-electron chi connectivity index (χ4n) is 2.49. The number of fused-ring (bicyclic) bond motifs is 1. The van der Waals surface area contributed by atoms with Crippen LogP contribution in [0.15, 0.2) is 30.5 Å². The molecule has 23 heavy (non-hydrogen) atoms. The topological polar surface area (TPSA) is 60.5 Å². The number of halogens is 1. The first kappa shape index (κ1) is 15.4. The number of nitrogens with zero attached hydrogens (tertiary/aromatic N) is 1. The average Bonchev–Trinajstić information content (AvgIpc) is 2.56. The Morgan fingerprint density at radius 2 is 2.35 bits per heavy atom.